The van der Waals surface area contributed by atoms with Gasteiger partial charge in [-0.3, -0.25) is 9.59 Å². The van der Waals surface area contributed by atoms with Crippen LogP contribution in [0.15, 0.2) is 35.4 Å². The summed E-state index contributed by atoms with van der Waals surface area (Å²) in [5, 5.41) is 0. The molecule has 0 radical (unpaired) electrons. The highest BCUT2D eigenvalue weighted by molar-refractivity contribution is 6.27. The van der Waals surface area contributed by atoms with E-state index in [4.69, 9.17) is 0 Å². The Morgan fingerprint density at radius 2 is 1.61 bits per heavy atom. The van der Waals surface area contributed by atoms with Crippen molar-refractivity contribution in [1.82, 2.24) is 0 Å². The molecule has 3 rings (SSSR count). The van der Waals surface area contributed by atoms with Crippen molar-refractivity contribution in [1.29, 1.82) is 0 Å². The van der Waals surface area contributed by atoms with Crippen molar-refractivity contribution in [2.45, 2.75) is 33.1 Å². The van der Waals surface area contributed by atoms with Crippen LogP contribution in [0, 0.1) is 5.41 Å². The molecule has 1 aromatic rings. The number of ketones is 2. The first-order chi connectivity index (χ1) is 8.52. The van der Waals surface area contributed by atoms with Crippen LogP contribution >= 0.6 is 0 Å². The van der Waals surface area contributed by atoms with Crippen LogP contribution in [0.25, 0.3) is 0 Å². The molecule has 0 aromatic heterocycles. The maximum atomic E-state index is 12.6. The number of fused-ring (bicyclic) bond motifs is 1. The molecule has 2 heteroatoms. The van der Waals surface area contributed by atoms with E-state index < -0.39 is 0 Å². The van der Waals surface area contributed by atoms with Gasteiger partial charge in [-0.1, -0.05) is 38.1 Å². The fourth-order valence-corrected chi connectivity index (χ4v) is 3.21. The number of hydrogen-bond acceptors (Lipinski definition) is 2. The second kappa shape index (κ2) is 3.64. The SMILES string of the molecule is CC1(C)CCCC2=C1C(=O)c1ccccc1C2=O. The normalized spacial score (nSPS) is 21.7. The number of rotatable bonds is 0. The molecule has 0 saturated carbocycles. The highest BCUT2D eigenvalue weighted by atomic mass is 16.1. The van der Waals surface area contributed by atoms with Crippen LogP contribution in [0.2, 0.25) is 0 Å². The lowest BCUT2D eigenvalue weighted by molar-refractivity contribution is 0.0939. The molecule has 0 spiro atoms. The maximum Gasteiger partial charge on any atom is 0.190 e. The topological polar surface area (TPSA) is 34.1 Å². The molecule has 2 aliphatic rings. The Morgan fingerprint density at radius 3 is 2.28 bits per heavy atom. The number of allylic oxidation sites excluding steroid dienone is 2. The maximum absolute atomic E-state index is 12.6. The van der Waals surface area contributed by atoms with E-state index in [0.29, 0.717) is 11.1 Å². The summed E-state index contributed by atoms with van der Waals surface area (Å²) in [5.74, 6) is 0.123. The summed E-state index contributed by atoms with van der Waals surface area (Å²) in [6, 6.07) is 7.18. The first-order valence-corrected chi connectivity index (χ1v) is 6.44. The third-order valence-electron chi connectivity index (χ3n) is 4.12. The van der Waals surface area contributed by atoms with Crippen LogP contribution in [-0.4, -0.2) is 11.6 Å². The molecule has 0 N–H and O–H groups in total. The molecule has 0 fully saturated rings. The van der Waals surface area contributed by atoms with Gasteiger partial charge < -0.3 is 0 Å². The molecule has 18 heavy (non-hydrogen) atoms. The molecule has 0 heterocycles. The van der Waals surface area contributed by atoms with Crippen LogP contribution in [-0.2, 0) is 0 Å². The summed E-state index contributed by atoms with van der Waals surface area (Å²) >= 11 is 0. The predicted molar refractivity (Wildman–Crippen MR) is 69.8 cm³/mol. The second-order valence-electron chi connectivity index (χ2n) is 5.79. The molecule has 0 unspecified atom stereocenters. The molecule has 0 bridgehead atoms. The van der Waals surface area contributed by atoms with E-state index in [1.54, 1.807) is 12.1 Å². The summed E-state index contributed by atoms with van der Waals surface area (Å²) in [6.07, 6.45) is 2.72. The van der Waals surface area contributed by atoms with Crippen molar-refractivity contribution < 1.29 is 9.59 Å². The van der Waals surface area contributed by atoms with E-state index in [0.717, 1.165) is 30.4 Å². The monoisotopic (exact) mass is 240 g/mol. The Labute approximate surface area is 107 Å². The third kappa shape index (κ3) is 1.41. The van der Waals surface area contributed by atoms with Crippen LogP contribution in [0.5, 0.6) is 0 Å². The number of benzene rings is 1. The summed E-state index contributed by atoms with van der Waals surface area (Å²) in [6.45, 7) is 4.14. The number of Topliss-reactive ketones (excluding diaryl/α,β-unsaturated/α-hetero) is 2. The van der Waals surface area contributed by atoms with Crippen LogP contribution in [0.3, 0.4) is 0 Å². The zero-order valence-corrected chi connectivity index (χ0v) is 10.7. The van der Waals surface area contributed by atoms with E-state index in [1.807, 2.05) is 12.1 Å². The zero-order valence-electron chi connectivity index (χ0n) is 10.7. The molecule has 1 aromatic carbocycles. The summed E-state index contributed by atoms with van der Waals surface area (Å²) in [4.78, 5) is 25.1. The van der Waals surface area contributed by atoms with Gasteiger partial charge in [-0.05, 0) is 24.7 Å². The lowest BCUT2D eigenvalue weighted by atomic mass is 9.66. The van der Waals surface area contributed by atoms with Crippen molar-refractivity contribution in [3.8, 4) is 0 Å². The van der Waals surface area contributed by atoms with Crippen LogP contribution < -0.4 is 0 Å². The van der Waals surface area contributed by atoms with Gasteiger partial charge in [0.2, 0.25) is 0 Å². The van der Waals surface area contributed by atoms with Crippen LogP contribution in [0.4, 0.5) is 0 Å². The smallest absolute Gasteiger partial charge is 0.190 e. The number of hydrogen-bond donors (Lipinski definition) is 0. The Balaban J connectivity index is 2.27. The largest absolute Gasteiger partial charge is 0.289 e. The minimum Gasteiger partial charge on any atom is -0.289 e. The van der Waals surface area contributed by atoms with Gasteiger partial charge in [0.25, 0.3) is 0 Å². The second-order valence-corrected chi connectivity index (χ2v) is 5.79. The van der Waals surface area contributed by atoms with Gasteiger partial charge in [0.05, 0.1) is 0 Å². The highest BCUT2D eigenvalue weighted by Crippen LogP contribution is 2.45. The van der Waals surface area contributed by atoms with Crippen molar-refractivity contribution in [2.75, 3.05) is 0 Å². The highest BCUT2D eigenvalue weighted by Gasteiger charge is 2.41. The van der Waals surface area contributed by atoms with Gasteiger partial charge in [0.1, 0.15) is 0 Å². The molecule has 2 aliphatic carbocycles. The van der Waals surface area contributed by atoms with Gasteiger partial charge in [0, 0.05) is 22.3 Å². The minimum atomic E-state index is -0.173. The minimum absolute atomic E-state index is 0.0601. The summed E-state index contributed by atoms with van der Waals surface area (Å²) < 4.78 is 0. The molecule has 0 amide bonds. The lowest BCUT2D eigenvalue weighted by Crippen LogP contribution is -2.33. The first-order valence-electron chi connectivity index (χ1n) is 6.44. The summed E-state index contributed by atoms with van der Waals surface area (Å²) in [5.41, 5.74) is 2.51. The van der Waals surface area contributed by atoms with Gasteiger partial charge in [0.15, 0.2) is 11.6 Å². The predicted octanol–water partition coefficient (Wildman–Crippen LogP) is 3.57. The average molecular weight is 240 g/mol. The van der Waals surface area contributed by atoms with E-state index in [1.165, 1.54) is 0 Å². The molecule has 0 saturated heterocycles. The van der Waals surface area contributed by atoms with Crippen LogP contribution in [0.1, 0.15) is 53.8 Å². The average Bonchev–Trinajstić information content (AvgIpc) is 2.35. The van der Waals surface area contributed by atoms with Gasteiger partial charge >= 0.3 is 0 Å². The molecule has 0 aliphatic heterocycles. The number of carbonyl (C=O) groups is 2. The van der Waals surface area contributed by atoms with Gasteiger partial charge in [-0.15, -0.1) is 0 Å². The number of carbonyl (C=O) groups excluding carboxylic acids is 2. The Kier molecular flexibility index (Phi) is 2.31. The first kappa shape index (κ1) is 11.4. The zero-order chi connectivity index (χ0) is 12.9. The lowest BCUT2D eigenvalue weighted by Gasteiger charge is -2.36. The van der Waals surface area contributed by atoms with Crippen molar-refractivity contribution in [2.24, 2.45) is 5.41 Å². The third-order valence-corrected chi connectivity index (χ3v) is 4.12. The van der Waals surface area contributed by atoms with Gasteiger partial charge in [-0.2, -0.15) is 0 Å². The van der Waals surface area contributed by atoms with Crippen molar-refractivity contribution in [3.05, 3.63) is 46.5 Å². The van der Waals surface area contributed by atoms with Gasteiger partial charge in [-0.25, -0.2) is 0 Å². The van der Waals surface area contributed by atoms with Crippen molar-refractivity contribution >= 4 is 11.6 Å². The fourth-order valence-electron chi connectivity index (χ4n) is 3.21. The Bertz CT molecular complexity index is 591. The molecule has 92 valence electrons. The molecule has 0 atom stereocenters. The summed E-state index contributed by atoms with van der Waals surface area (Å²) in [7, 11) is 0. The molecular formula is C16H16O2. The fraction of sp³-hybridized carbons (Fsp3) is 0.375. The quantitative estimate of drug-likeness (QED) is 0.694. The standard InChI is InChI=1S/C16H16O2/c1-16(2)9-5-8-12-13(16)15(18)11-7-4-3-6-10(11)14(12)17/h3-4,6-7H,5,8-9H2,1-2H3. The van der Waals surface area contributed by atoms with E-state index >= 15 is 0 Å². The van der Waals surface area contributed by atoms with Crippen molar-refractivity contribution in [3.63, 3.8) is 0 Å². The molecule has 2 nitrogen and oxygen atoms in total. The Morgan fingerprint density at radius 1 is 1.00 bits per heavy atom. The van der Waals surface area contributed by atoms with E-state index in [-0.39, 0.29) is 17.0 Å². The van der Waals surface area contributed by atoms with E-state index in [2.05, 4.69) is 13.8 Å². The molecular weight excluding hydrogens is 224 g/mol. The van der Waals surface area contributed by atoms with E-state index in [9.17, 15) is 9.59 Å². The Hall–Kier alpha value is -1.70.